The summed E-state index contributed by atoms with van der Waals surface area (Å²) < 4.78 is 1.86. The Kier molecular flexibility index (Phi) is 3.06. The monoisotopic (exact) mass is 320 g/mol. The highest BCUT2D eigenvalue weighted by atomic mass is 16.3. The Morgan fingerprint density at radius 1 is 1.04 bits per heavy atom. The number of aromatic hydroxyl groups is 1. The number of anilines is 1. The fourth-order valence-electron chi connectivity index (χ4n) is 3.08. The summed E-state index contributed by atoms with van der Waals surface area (Å²) in [5.41, 5.74) is 2.62. The topological polar surface area (TPSA) is 85.4 Å². The Labute approximate surface area is 138 Å². The van der Waals surface area contributed by atoms with Gasteiger partial charge in [0.05, 0.1) is 28.8 Å². The zero-order valence-electron chi connectivity index (χ0n) is 13.1. The first-order valence-electron chi connectivity index (χ1n) is 7.56. The smallest absolute Gasteiger partial charge is 0.148 e. The van der Waals surface area contributed by atoms with Gasteiger partial charge in [-0.3, -0.25) is 5.41 Å². The van der Waals surface area contributed by atoms with Crippen molar-refractivity contribution >= 4 is 28.1 Å². The summed E-state index contributed by atoms with van der Waals surface area (Å²) in [5.74, 6) is 0.798. The van der Waals surface area contributed by atoms with Crippen LogP contribution in [0, 0.1) is 5.41 Å². The van der Waals surface area contributed by atoms with E-state index in [0.717, 1.165) is 11.0 Å². The van der Waals surface area contributed by atoms with E-state index >= 15 is 0 Å². The zero-order valence-corrected chi connectivity index (χ0v) is 13.1. The number of aromatic nitrogens is 2. The lowest BCUT2D eigenvalue weighted by Crippen LogP contribution is -2.26. The lowest BCUT2D eigenvalue weighted by molar-refractivity contribution is 0.410. The average molecular weight is 320 g/mol. The molecule has 0 amide bonds. The number of para-hydroxylation sites is 4. The first-order valence-corrected chi connectivity index (χ1v) is 7.56. The summed E-state index contributed by atoms with van der Waals surface area (Å²) in [6, 6.07) is 14.5. The van der Waals surface area contributed by atoms with Gasteiger partial charge in [-0.15, -0.1) is 0 Å². The van der Waals surface area contributed by atoms with Crippen LogP contribution in [0.25, 0.3) is 16.6 Å². The number of rotatable bonds is 2. The van der Waals surface area contributed by atoms with Gasteiger partial charge in [0.25, 0.3) is 0 Å². The van der Waals surface area contributed by atoms with Crippen molar-refractivity contribution in [2.24, 2.45) is 7.05 Å². The first kappa shape index (κ1) is 14.3. The number of hydrogen-bond donors (Lipinski definition) is 3. The zero-order chi connectivity index (χ0) is 16.8. The van der Waals surface area contributed by atoms with Crippen molar-refractivity contribution < 1.29 is 10.2 Å². The average Bonchev–Trinajstić information content (AvgIpc) is 3.05. The molecule has 1 aliphatic rings. The molecule has 120 valence electrons. The normalized spacial score (nSPS) is 14.9. The number of benzene rings is 2. The Morgan fingerprint density at radius 3 is 2.50 bits per heavy atom. The first-order chi connectivity index (χ1) is 11.6. The molecule has 0 spiro atoms. The maximum absolute atomic E-state index is 10.4. The van der Waals surface area contributed by atoms with Gasteiger partial charge < -0.3 is 19.7 Å². The van der Waals surface area contributed by atoms with Gasteiger partial charge in [0.1, 0.15) is 23.2 Å². The van der Waals surface area contributed by atoms with E-state index in [4.69, 9.17) is 5.41 Å². The van der Waals surface area contributed by atoms with Crippen LogP contribution in [0.3, 0.4) is 0 Å². The summed E-state index contributed by atoms with van der Waals surface area (Å²) in [5, 5.41) is 29.0. The van der Waals surface area contributed by atoms with E-state index in [2.05, 4.69) is 4.98 Å². The van der Waals surface area contributed by atoms with E-state index in [1.54, 1.807) is 29.2 Å². The predicted octanol–water partition coefficient (Wildman–Crippen LogP) is 3.05. The number of imidazole rings is 1. The van der Waals surface area contributed by atoms with Gasteiger partial charge >= 0.3 is 0 Å². The second kappa shape index (κ2) is 5.13. The molecule has 1 aromatic heterocycles. The molecule has 24 heavy (non-hydrogen) atoms. The SMILES string of the molecule is Cn1c(C2=C(O)CN(c3ccccc3O)C2=N)nc2ccccc21. The van der Waals surface area contributed by atoms with Crippen LogP contribution >= 0.6 is 0 Å². The van der Waals surface area contributed by atoms with E-state index in [1.165, 1.54) is 0 Å². The minimum absolute atomic E-state index is 0.0706. The molecular weight excluding hydrogens is 304 g/mol. The number of aliphatic hydroxyl groups is 1. The van der Waals surface area contributed by atoms with E-state index in [9.17, 15) is 10.2 Å². The molecule has 2 heterocycles. The summed E-state index contributed by atoms with van der Waals surface area (Å²) in [6.45, 7) is 0.134. The molecule has 0 atom stereocenters. The molecule has 0 radical (unpaired) electrons. The number of aryl methyl sites for hydroxylation is 1. The maximum Gasteiger partial charge on any atom is 0.148 e. The number of nitrogens with one attached hydrogen (secondary N) is 1. The summed E-state index contributed by atoms with van der Waals surface area (Å²) in [6.07, 6.45) is 0. The lowest BCUT2D eigenvalue weighted by Gasteiger charge is -2.19. The Morgan fingerprint density at radius 2 is 1.75 bits per heavy atom. The van der Waals surface area contributed by atoms with Crippen LogP contribution in [0.1, 0.15) is 5.82 Å². The van der Waals surface area contributed by atoms with Crippen LogP contribution in [0.2, 0.25) is 0 Å². The number of phenols is 1. The Balaban J connectivity index is 1.81. The number of amidine groups is 1. The largest absolute Gasteiger partial charge is 0.509 e. The van der Waals surface area contributed by atoms with Crippen LogP contribution in [-0.4, -0.2) is 32.1 Å². The molecule has 0 fully saturated rings. The number of hydrogen-bond acceptors (Lipinski definition) is 4. The molecule has 1 aliphatic heterocycles. The van der Waals surface area contributed by atoms with E-state index in [0.29, 0.717) is 17.1 Å². The number of phenolic OH excluding ortho intramolecular Hbond substituents is 1. The van der Waals surface area contributed by atoms with Gasteiger partial charge in [-0.2, -0.15) is 0 Å². The standard InChI is InChI=1S/C18H16N4O2/c1-21-12-7-3-2-6-11(12)20-18(21)16-15(24)10-22(17(16)19)13-8-4-5-9-14(13)23/h2-9,19,23-24H,10H2,1H3. The van der Waals surface area contributed by atoms with Crippen molar-refractivity contribution in [3.05, 3.63) is 60.1 Å². The fraction of sp³-hybridized carbons (Fsp3) is 0.111. The molecule has 3 N–H and O–H groups in total. The number of aliphatic hydroxyl groups excluding tert-OH is 1. The molecule has 0 unspecified atom stereocenters. The molecule has 3 aromatic rings. The molecule has 6 heteroatoms. The number of nitrogens with zero attached hydrogens (tertiary/aromatic N) is 3. The van der Waals surface area contributed by atoms with Crippen LogP contribution < -0.4 is 4.90 Å². The van der Waals surface area contributed by atoms with Crippen molar-refractivity contribution in [2.45, 2.75) is 0 Å². The highest BCUT2D eigenvalue weighted by molar-refractivity contribution is 6.30. The number of fused-ring (bicyclic) bond motifs is 1. The summed E-state index contributed by atoms with van der Waals surface area (Å²) in [7, 11) is 1.86. The van der Waals surface area contributed by atoms with E-state index < -0.39 is 0 Å². The Bertz CT molecular complexity index is 1000. The second-order valence-electron chi connectivity index (χ2n) is 5.73. The molecular formula is C18H16N4O2. The van der Waals surface area contributed by atoms with Crippen LogP contribution in [0.4, 0.5) is 5.69 Å². The van der Waals surface area contributed by atoms with E-state index in [-0.39, 0.29) is 23.9 Å². The van der Waals surface area contributed by atoms with Crippen molar-refractivity contribution in [2.75, 3.05) is 11.4 Å². The molecule has 0 saturated heterocycles. The molecule has 2 aromatic carbocycles. The molecule has 0 bridgehead atoms. The van der Waals surface area contributed by atoms with Gasteiger partial charge in [-0.25, -0.2) is 4.98 Å². The van der Waals surface area contributed by atoms with Gasteiger partial charge in [0, 0.05) is 7.05 Å². The highest BCUT2D eigenvalue weighted by Crippen LogP contribution is 2.35. The lowest BCUT2D eigenvalue weighted by atomic mass is 10.2. The molecule has 6 nitrogen and oxygen atoms in total. The quantitative estimate of drug-likeness (QED) is 0.677. The van der Waals surface area contributed by atoms with Crippen molar-refractivity contribution in [3.63, 3.8) is 0 Å². The Hall–Kier alpha value is -3.28. The van der Waals surface area contributed by atoms with E-state index in [1.807, 2.05) is 35.9 Å². The van der Waals surface area contributed by atoms with Crippen molar-refractivity contribution in [1.82, 2.24) is 9.55 Å². The maximum atomic E-state index is 10.4. The second-order valence-corrected chi connectivity index (χ2v) is 5.73. The minimum atomic E-state index is 0.0706. The van der Waals surface area contributed by atoms with Crippen molar-refractivity contribution in [1.29, 1.82) is 5.41 Å². The van der Waals surface area contributed by atoms with Gasteiger partial charge in [0.2, 0.25) is 0 Å². The third-order valence-corrected chi connectivity index (χ3v) is 4.29. The fourth-order valence-corrected chi connectivity index (χ4v) is 3.08. The molecule has 0 aliphatic carbocycles. The van der Waals surface area contributed by atoms with Crippen LogP contribution in [0.5, 0.6) is 5.75 Å². The van der Waals surface area contributed by atoms with Gasteiger partial charge in [-0.1, -0.05) is 24.3 Å². The third kappa shape index (κ3) is 1.96. The predicted molar refractivity (Wildman–Crippen MR) is 93.4 cm³/mol. The van der Waals surface area contributed by atoms with Crippen LogP contribution in [-0.2, 0) is 7.05 Å². The summed E-state index contributed by atoms with van der Waals surface area (Å²) in [4.78, 5) is 6.13. The highest BCUT2D eigenvalue weighted by Gasteiger charge is 2.33. The minimum Gasteiger partial charge on any atom is -0.509 e. The van der Waals surface area contributed by atoms with Gasteiger partial charge in [-0.05, 0) is 24.3 Å². The third-order valence-electron chi connectivity index (χ3n) is 4.29. The molecule has 4 rings (SSSR count). The van der Waals surface area contributed by atoms with Gasteiger partial charge in [0.15, 0.2) is 0 Å². The summed E-state index contributed by atoms with van der Waals surface area (Å²) >= 11 is 0. The van der Waals surface area contributed by atoms with Crippen molar-refractivity contribution in [3.8, 4) is 5.75 Å². The molecule has 0 saturated carbocycles. The van der Waals surface area contributed by atoms with Crippen LogP contribution in [0.15, 0.2) is 54.3 Å².